The van der Waals surface area contributed by atoms with E-state index in [1.165, 1.54) is 29.3 Å². The Balaban J connectivity index is 2.17. The molecule has 1 N–H and O–H groups in total. The fraction of sp³-hybridized carbons (Fsp3) is 0.667. The average molecular weight is 354 g/mol. The molecule has 21 heavy (non-hydrogen) atoms. The minimum atomic E-state index is 0.472. The fourth-order valence-corrected chi connectivity index (χ4v) is 4.09. The first-order chi connectivity index (χ1) is 9.95. The number of benzene rings is 1. The highest BCUT2D eigenvalue weighted by molar-refractivity contribution is 9.10. The molecular formula is C18H28BrNO. The van der Waals surface area contributed by atoms with Gasteiger partial charge in [-0.1, -0.05) is 29.8 Å². The smallest absolute Gasteiger partial charge is 0.119 e. The molecule has 1 aliphatic carbocycles. The van der Waals surface area contributed by atoms with Gasteiger partial charge in [0.05, 0.1) is 7.11 Å². The van der Waals surface area contributed by atoms with E-state index in [9.17, 15) is 0 Å². The fourth-order valence-electron chi connectivity index (χ4n) is 3.68. The first-order valence-corrected chi connectivity index (χ1v) is 8.71. The van der Waals surface area contributed by atoms with Crippen LogP contribution in [0.5, 0.6) is 5.75 Å². The van der Waals surface area contributed by atoms with Crippen molar-refractivity contribution < 1.29 is 4.74 Å². The SMILES string of the molecule is CNCC1CCC(C)(C)CC1Cc1cc(OC)ccc1Br. The predicted octanol–water partition coefficient (Wildman–Crippen LogP) is 4.66. The van der Waals surface area contributed by atoms with Gasteiger partial charge < -0.3 is 10.1 Å². The molecular weight excluding hydrogens is 326 g/mol. The van der Waals surface area contributed by atoms with Gasteiger partial charge in [-0.15, -0.1) is 0 Å². The molecule has 0 aromatic heterocycles. The van der Waals surface area contributed by atoms with Gasteiger partial charge in [0, 0.05) is 4.47 Å². The van der Waals surface area contributed by atoms with Gasteiger partial charge in [0.15, 0.2) is 0 Å². The van der Waals surface area contributed by atoms with Crippen LogP contribution in [0, 0.1) is 17.3 Å². The zero-order valence-electron chi connectivity index (χ0n) is 13.7. The number of halogens is 1. The lowest BCUT2D eigenvalue weighted by Gasteiger charge is -2.41. The zero-order valence-corrected chi connectivity index (χ0v) is 15.3. The van der Waals surface area contributed by atoms with Crippen molar-refractivity contribution in [3.63, 3.8) is 0 Å². The third-order valence-electron chi connectivity index (χ3n) is 4.87. The van der Waals surface area contributed by atoms with Gasteiger partial charge in [0.25, 0.3) is 0 Å². The van der Waals surface area contributed by atoms with Crippen molar-refractivity contribution in [2.24, 2.45) is 17.3 Å². The number of nitrogens with one attached hydrogen (secondary N) is 1. The van der Waals surface area contributed by atoms with Crippen LogP contribution in [0.25, 0.3) is 0 Å². The molecule has 1 fully saturated rings. The summed E-state index contributed by atoms with van der Waals surface area (Å²) in [6.45, 7) is 5.95. The quantitative estimate of drug-likeness (QED) is 0.830. The Morgan fingerprint density at radius 3 is 2.76 bits per heavy atom. The van der Waals surface area contributed by atoms with Crippen molar-refractivity contribution in [1.29, 1.82) is 0 Å². The van der Waals surface area contributed by atoms with Crippen LogP contribution in [0.1, 0.15) is 38.7 Å². The second-order valence-electron chi connectivity index (χ2n) is 7.15. The molecule has 2 unspecified atom stereocenters. The van der Waals surface area contributed by atoms with Crippen LogP contribution in [0.15, 0.2) is 22.7 Å². The Labute approximate surface area is 137 Å². The molecule has 1 aliphatic rings. The van der Waals surface area contributed by atoms with Crippen LogP contribution in [0.4, 0.5) is 0 Å². The summed E-state index contributed by atoms with van der Waals surface area (Å²) in [5.74, 6) is 2.47. The number of hydrogen-bond donors (Lipinski definition) is 1. The van der Waals surface area contributed by atoms with Gasteiger partial charge in [0.1, 0.15) is 5.75 Å². The summed E-state index contributed by atoms with van der Waals surface area (Å²) in [6, 6.07) is 6.31. The molecule has 3 heteroatoms. The van der Waals surface area contributed by atoms with E-state index < -0.39 is 0 Å². The summed E-state index contributed by atoms with van der Waals surface area (Å²) in [5, 5.41) is 3.38. The number of rotatable bonds is 5. The molecule has 1 aromatic carbocycles. The normalized spacial score (nSPS) is 24.8. The maximum Gasteiger partial charge on any atom is 0.119 e. The molecule has 0 aliphatic heterocycles. The van der Waals surface area contributed by atoms with E-state index in [1.807, 2.05) is 6.07 Å². The largest absolute Gasteiger partial charge is 0.497 e. The van der Waals surface area contributed by atoms with E-state index in [1.54, 1.807) is 7.11 Å². The third kappa shape index (κ3) is 4.46. The van der Waals surface area contributed by atoms with E-state index in [2.05, 4.69) is 54.3 Å². The summed E-state index contributed by atoms with van der Waals surface area (Å²) in [5.41, 5.74) is 1.85. The summed E-state index contributed by atoms with van der Waals surface area (Å²) >= 11 is 3.70. The topological polar surface area (TPSA) is 21.3 Å². The molecule has 0 radical (unpaired) electrons. The van der Waals surface area contributed by atoms with E-state index in [0.717, 1.165) is 30.6 Å². The standard InChI is InChI=1S/C18H28BrNO/c1-18(2)8-7-13(12-20-3)15(11-18)9-14-10-16(21-4)5-6-17(14)19/h5-6,10,13,15,20H,7-9,11-12H2,1-4H3. The zero-order chi connectivity index (χ0) is 15.5. The lowest BCUT2D eigenvalue weighted by atomic mass is 9.65. The van der Waals surface area contributed by atoms with Gasteiger partial charge in [-0.3, -0.25) is 0 Å². The van der Waals surface area contributed by atoms with Gasteiger partial charge in [-0.25, -0.2) is 0 Å². The van der Waals surface area contributed by atoms with Gasteiger partial charge in [0.2, 0.25) is 0 Å². The molecule has 2 nitrogen and oxygen atoms in total. The maximum atomic E-state index is 5.38. The van der Waals surface area contributed by atoms with Crippen LogP contribution in [0.3, 0.4) is 0 Å². The van der Waals surface area contributed by atoms with Crippen molar-refractivity contribution in [3.8, 4) is 5.75 Å². The van der Waals surface area contributed by atoms with E-state index >= 15 is 0 Å². The van der Waals surface area contributed by atoms with Crippen molar-refractivity contribution in [2.75, 3.05) is 20.7 Å². The Kier molecular flexibility index (Phi) is 5.73. The summed E-state index contributed by atoms with van der Waals surface area (Å²) in [6.07, 6.45) is 5.12. The van der Waals surface area contributed by atoms with Crippen molar-refractivity contribution in [2.45, 2.75) is 39.5 Å². The lowest BCUT2D eigenvalue weighted by Crippen LogP contribution is -2.36. The van der Waals surface area contributed by atoms with Gasteiger partial charge in [-0.05, 0) is 80.3 Å². The minimum absolute atomic E-state index is 0.472. The summed E-state index contributed by atoms with van der Waals surface area (Å²) in [4.78, 5) is 0. The first-order valence-electron chi connectivity index (χ1n) is 7.92. The molecule has 2 rings (SSSR count). The molecule has 0 amide bonds. The molecule has 118 valence electrons. The predicted molar refractivity (Wildman–Crippen MR) is 92.9 cm³/mol. The van der Waals surface area contributed by atoms with E-state index in [0.29, 0.717) is 5.41 Å². The van der Waals surface area contributed by atoms with Gasteiger partial charge in [-0.2, -0.15) is 0 Å². The lowest BCUT2D eigenvalue weighted by molar-refractivity contribution is 0.117. The van der Waals surface area contributed by atoms with Crippen LogP contribution in [-0.2, 0) is 6.42 Å². The molecule has 0 spiro atoms. The molecule has 1 saturated carbocycles. The molecule has 0 heterocycles. The highest BCUT2D eigenvalue weighted by Crippen LogP contribution is 2.43. The van der Waals surface area contributed by atoms with Crippen LogP contribution >= 0.6 is 15.9 Å². The monoisotopic (exact) mass is 353 g/mol. The minimum Gasteiger partial charge on any atom is -0.497 e. The Bertz CT molecular complexity index is 472. The number of hydrogen-bond acceptors (Lipinski definition) is 2. The van der Waals surface area contributed by atoms with Crippen molar-refractivity contribution in [3.05, 3.63) is 28.2 Å². The van der Waals surface area contributed by atoms with Crippen LogP contribution in [-0.4, -0.2) is 20.7 Å². The second kappa shape index (κ2) is 7.15. The first kappa shape index (κ1) is 16.8. The average Bonchev–Trinajstić information content (AvgIpc) is 2.44. The molecule has 0 saturated heterocycles. The summed E-state index contributed by atoms with van der Waals surface area (Å²) in [7, 11) is 3.80. The molecule has 0 bridgehead atoms. The summed E-state index contributed by atoms with van der Waals surface area (Å²) < 4.78 is 6.58. The highest BCUT2D eigenvalue weighted by Gasteiger charge is 2.34. The highest BCUT2D eigenvalue weighted by atomic mass is 79.9. The van der Waals surface area contributed by atoms with Gasteiger partial charge >= 0.3 is 0 Å². The number of ether oxygens (including phenoxy) is 1. The Morgan fingerprint density at radius 2 is 2.10 bits per heavy atom. The van der Waals surface area contributed by atoms with Crippen molar-refractivity contribution in [1.82, 2.24) is 5.32 Å². The molecule has 2 atom stereocenters. The second-order valence-corrected chi connectivity index (χ2v) is 8.00. The Hall–Kier alpha value is -0.540. The number of methoxy groups -OCH3 is 1. The third-order valence-corrected chi connectivity index (χ3v) is 5.65. The van der Waals surface area contributed by atoms with Crippen molar-refractivity contribution >= 4 is 15.9 Å². The molecule has 1 aromatic rings. The Morgan fingerprint density at radius 1 is 1.33 bits per heavy atom. The van der Waals surface area contributed by atoms with E-state index in [4.69, 9.17) is 4.74 Å². The maximum absolute atomic E-state index is 5.38. The van der Waals surface area contributed by atoms with Crippen LogP contribution in [0.2, 0.25) is 0 Å². The van der Waals surface area contributed by atoms with E-state index in [-0.39, 0.29) is 0 Å². The van der Waals surface area contributed by atoms with Crippen LogP contribution < -0.4 is 10.1 Å².